The lowest BCUT2D eigenvalue weighted by atomic mass is 9.97. The van der Waals surface area contributed by atoms with Crippen LogP contribution < -0.4 is 0 Å². The molecule has 158 valence electrons. The Kier molecular flexibility index (Phi) is 9.62. The molecule has 1 saturated heterocycles. The van der Waals surface area contributed by atoms with E-state index in [0.717, 1.165) is 24.2 Å². The summed E-state index contributed by atoms with van der Waals surface area (Å²) < 4.78 is 0. The van der Waals surface area contributed by atoms with Crippen molar-refractivity contribution in [1.82, 2.24) is 4.90 Å². The third-order valence-corrected chi connectivity index (χ3v) is 5.37. The van der Waals surface area contributed by atoms with Crippen molar-refractivity contribution in [2.45, 2.75) is 77.6 Å². The quantitative estimate of drug-likeness (QED) is 0.179. The number of likely N-dealkylation sites (tertiary alicyclic amines) is 1. The molecule has 5 nitrogen and oxygen atoms in total. The summed E-state index contributed by atoms with van der Waals surface area (Å²) in [5.74, 6) is -1.66. The topological polar surface area (TPSA) is 74.7 Å². The predicted molar refractivity (Wildman–Crippen MR) is 114 cm³/mol. The first-order chi connectivity index (χ1) is 14.1. The monoisotopic (exact) mass is 399 g/mol. The van der Waals surface area contributed by atoms with Gasteiger partial charge in [-0.05, 0) is 18.6 Å². The van der Waals surface area contributed by atoms with E-state index in [-0.39, 0.29) is 30.1 Å². The highest BCUT2D eigenvalue weighted by molar-refractivity contribution is 6.25. The molecule has 0 unspecified atom stereocenters. The van der Waals surface area contributed by atoms with Crippen molar-refractivity contribution in [3.8, 4) is 0 Å². The molecule has 0 radical (unpaired) electrons. The highest BCUT2D eigenvalue weighted by atomic mass is 16.3. The lowest BCUT2D eigenvalue weighted by molar-refractivity contribution is -0.131. The number of nitrogens with zero attached hydrogens (tertiary/aromatic N) is 1. The van der Waals surface area contributed by atoms with E-state index in [1.165, 1.54) is 38.5 Å². The Morgan fingerprint density at radius 1 is 0.931 bits per heavy atom. The van der Waals surface area contributed by atoms with Crippen LogP contribution in [0.1, 0.15) is 87.9 Å². The van der Waals surface area contributed by atoms with Gasteiger partial charge in [-0.3, -0.25) is 19.3 Å². The third kappa shape index (κ3) is 6.84. The minimum atomic E-state index is -0.677. The molecule has 1 fully saturated rings. The maximum absolute atomic E-state index is 12.7. The van der Waals surface area contributed by atoms with Crippen LogP contribution in [0, 0.1) is 0 Å². The molecule has 0 bridgehead atoms. The van der Waals surface area contributed by atoms with Gasteiger partial charge in [-0.2, -0.15) is 0 Å². The number of carbonyl (C=O) groups excluding carboxylic acids is 3. The second kappa shape index (κ2) is 12.2. The lowest BCUT2D eigenvalue weighted by Crippen LogP contribution is -2.45. The van der Waals surface area contributed by atoms with Crippen LogP contribution in [0.5, 0.6) is 0 Å². The van der Waals surface area contributed by atoms with Crippen LogP contribution >= 0.6 is 0 Å². The number of ketones is 1. The highest BCUT2D eigenvalue weighted by Crippen LogP contribution is 2.22. The Hall–Kier alpha value is -2.43. The van der Waals surface area contributed by atoms with Crippen LogP contribution in [0.15, 0.2) is 41.7 Å². The van der Waals surface area contributed by atoms with Gasteiger partial charge in [0.05, 0.1) is 0 Å². The van der Waals surface area contributed by atoms with Gasteiger partial charge in [0, 0.05) is 24.9 Å². The van der Waals surface area contributed by atoms with Crippen molar-refractivity contribution in [2.75, 3.05) is 6.54 Å². The fourth-order valence-electron chi connectivity index (χ4n) is 3.64. The first-order valence-corrected chi connectivity index (χ1v) is 10.9. The van der Waals surface area contributed by atoms with Crippen LogP contribution in [-0.4, -0.2) is 34.1 Å². The number of rotatable bonds is 11. The summed E-state index contributed by atoms with van der Waals surface area (Å²) >= 11 is 0. The number of unbranched alkanes of at least 4 members (excludes halogenated alkanes) is 8. The number of benzene rings is 1. The summed E-state index contributed by atoms with van der Waals surface area (Å²) in [5.41, 5.74) is 0.188. The normalized spacial score (nSPS) is 16.2. The Labute approximate surface area is 173 Å². The molecule has 1 aromatic carbocycles. The molecule has 2 rings (SSSR count). The van der Waals surface area contributed by atoms with E-state index in [0.29, 0.717) is 12.0 Å². The average molecular weight is 400 g/mol. The van der Waals surface area contributed by atoms with Crippen LogP contribution in [-0.2, 0) is 9.59 Å². The van der Waals surface area contributed by atoms with Crippen molar-refractivity contribution in [1.29, 1.82) is 0 Å². The first-order valence-electron chi connectivity index (χ1n) is 10.9. The fourth-order valence-corrected chi connectivity index (χ4v) is 3.64. The van der Waals surface area contributed by atoms with E-state index < -0.39 is 11.8 Å². The van der Waals surface area contributed by atoms with Crippen LogP contribution in [0.3, 0.4) is 0 Å². The SMILES string of the molecule is CCCCCCCCCCC/C(O)=C1\C(=O)CCN(C(=O)c2ccccc2)C1=O. The van der Waals surface area contributed by atoms with E-state index in [1.807, 2.05) is 0 Å². The van der Waals surface area contributed by atoms with E-state index in [9.17, 15) is 19.5 Å². The Balaban J connectivity index is 1.86. The zero-order valence-electron chi connectivity index (χ0n) is 17.5. The molecule has 1 heterocycles. The van der Waals surface area contributed by atoms with Crippen LogP contribution in [0.25, 0.3) is 0 Å². The molecule has 29 heavy (non-hydrogen) atoms. The molecule has 0 aliphatic carbocycles. The summed E-state index contributed by atoms with van der Waals surface area (Å²) in [4.78, 5) is 38.6. The molecular formula is C24H33NO4. The maximum Gasteiger partial charge on any atom is 0.267 e. The Bertz CT molecular complexity index is 724. The molecular weight excluding hydrogens is 366 g/mol. The number of allylic oxidation sites excluding steroid dienone is 1. The first kappa shape index (κ1) is 22.9. The van der Waals surface area contributed by atoms with Crippen molar-refractivity contribution in [3.05, 3.63) is 47.2 Å². The number of carbonyl (C=O) groups is 3. The lowest BCUT2D eigenvalue weighted by Gasteiger charge is -2.26. The predicted octanol–water partition coefficient (Wildman–Crippen LogP) is 5.36. The Morgan fingerprint density at radius 2 is 1.52 bits per heavy atom. The second-order valence-corrected chi connectivity index (χ2v) is 7.70. The standard InChI is InChI=1S/C24H33NO4/c1-2-3-4-5-6-7-8-9-13-16-20(26)22-21(27)17-18-25(24(22)29)23(28)19-14-11-10-12-15-19/h10-12,14-15,26H,2-9,13,16-18H2,1H3/b22-20-. The van der Waals surface area contributed by atoms with Crippen molar-refractivity contribution in [3.63, 3.8) is 0 Å². The molecule has 0 saturated carbocycles. The number of Topliss-reactive ketones (excluding diaryl/α,β-unsaturated/α-hetero) is 1. The Morgan fingerprint density at radius 3 is 2.14 bits per heavy atom. The molecule has 1 N–H and O–H groups in total. The highest BCUT2D eigenvalue weighted by Gasteiger charge is 2.36. The molecule has 2 amide bonds. The number of amides is 2. The molecule has 0 spiro atoms. The van der Waals surface area contributed by atoms with Gasteiger partial charge in [0.2, 0.25) is 0 Å². The molecule has 5 heteroatoms. The van der Waals surface area contributed by atoms with Crippen molar-refractivity contribution in [2.24, 2.45) is 0 Å². The minimum Gasteiger partial charge on any atom is -0.511 e. The van der Waals surface area contributed by atoms with Gasteiger partial charge in [-0.1, -0.05) is 76.5 Å². The number of aliphatic hydroxyl groups is 1. The summed E-state index contributed by atoms with van der Waals surface area (Å²) in [6, 6.07) is 8.52. The van der Waals surface area contributed by atoms with Crippen molar-refractivity contribution < 1.29 is 19.5 Å². The van der Waals surface area contributed by atoms with Gasteiger partial charge >= 0.3 is 0 Å². The fraction of sp³-hybridized carbons (Fsp3) is 0.542. The van der Waals surface area contributed by atoms with E-state index >= 15 is 0 Å². The summed E-state index contributed by atoms with van der Waals surface area (Å²) in [6.07, 6.45) is 10.7. The number of hydrogen-bond acceptors (Lipinski definition) is 4. The second-order valence-electron chi connectivity index (χ2n) is 7.70. The summed E-state index contributed by atoms with van der Waals surface area (Å²) in [5, 5.41) is 10.4. The third-order valence-electron chi connectivity index (χ3n) is 5.37. The van der Waals surface area contributed by atoms with Gasteiger partial charge in [0.25, 0.3) is 11.8 Å². The molecule has 0 aromatic heterocycles. The zero-order valence-corrected chi connectivity index (χ0v) is 17.5. The smallest absolute Gasteiger partial charge is 0.267 e. The van der Waals surface area contributed by atoms with E-state index in [4.69, 9.17) is 0 Å². The molecule has 1 aliphatic rings. The number of hydrogen-bond donors (Lipinski definition) is 1. The van der Waals surface area contributed by atoms with Gasteiger partial charge in [-0.15, -0.1) is 0 Å². The molecule has 1 aliphatic heterocycles. The van der Waals surface area contributed by atoms with Gasteiger partial charge < -0.3 is 5.11 Å². The van der Waals surface area contributed by atoms with E-state index in [1.54, 1.807) is 30.3 Å². The van der Waals surface area contributed by atoms with Gasteiger partial charge in [0.1, 0.15) is 11.3 Å². The largest absolute Gasteiger partial charge is 0.511 e. The zero-order chi connectivity index (χ0) is 21.1. The van der Waals surface area contributed by atoms with E-state index in [2.05, 4.69) is 6.92 Å². The number of piperidine rings is 1. The summed E-state index contributed by atoms with van der Waals surface area (Å²) in [7, 11) is 0. The molecule has 1 aromatic rings. The van der Waals surface area contributed by atoms with Crippen LogP contribution in [0.4, 0.5) is 0 Å². The average Bonchev–Trinajstić information content (AvgIpc) is 2.73. The van der Waals surface area contributed by atoms with Crippen LogP contribution in [0.2, 0.25) is 0 Å². The minimum absolute atomic E-state index is 0.0558. The van der Waals surface area contributed by atoms with Crippen molar-refractivity contribution >= 4 is 17.6 Å². The molecule has 0 atom stereocenters. The number of aliphatic hydroxyl groups excluding tert-OH is 1. The van der Waals surface area contributed by atoms with Gasteiger partial charge in [0.15, 0.2) is 5.78 Å². The summed E-state index contributed by atoms with van der Waals surface area (Å²) in [6.45, 7) is 2.26. The number of imide groups is 1. The maximum atomic E-state index is 12.7. The van der Waals surface area contributed by atoms with Gasteiger partial charge in [-0.25, -0.2) is 0 Å².